The number of rotatable bonds is 4. The Kier molecular flexibility index (Phi) is 4.24. The van der Waals surface area contributed by atoms with Crippen molar-refractivity contribution in [3.8, 4) is 0 Å². The van der Waals surface area contributed by atoms with Gasteiger partial charge >= 0.3 is 0 Å². The number of aryl methyl sites for hydroxylation is 1. The van der Waals surface area contributed by atoms with Crippen LogP contribution in [-0.4, -0.2) is 50.1 Å². The van der Waals surface area contributed by atoms with Crippen molar-refractivity contribution >= 4 is 21.5 Å². The summed E-state index contributed by atoms with van der Waals surface area (Å²) < 4.78 is 25.7. The molecule has 1 aliphatic heterocycles. The molecule has 0 saturated carbocycles. The third kappa shape index (κ3) is 2.90. The largest absolute Gasteiger partial charge is 0.383 e. The molecule has 0 spiro atoms. The van der Waals surface area contributed by atoms with Gasteiger partial charge < -0.3 is 16.0 Å². The second-order valence-electron chi connectivity index (χ2n) is 5.33. The number of nitrogens with two attached hydrogens (primary N) is 1. The summed E-state index contributed by atoms with van der Waals surface area (Å²) in [5.41, 5.74) is 6.00. The molecule has 1 saturated heterocycles. The molecule has 0 radical (unpaired) electrons. The number of hydrogen-bond acceptors (Lipinski definition) is 6. The molecule has 3 N–H and O–H groups in total. The standard InChI is InChI=1S/C12H23N5O2S/c1-4-6-17-11(13)10(20(3,18)19)12(15-17)16-7-5-14-9(2)8-16/h9,14H,4-8,13H2,1-3H3. The van der Waals surface area contributed by atoms with Crippen LogP contribution in [0.5, 0.6) is 0 Å². The number of nitrogens with zero attached hydrogens (tertiary/aromatic N) is 3. The molecule has 8 heteroatoms. The van der Waals surface area contributed by atoms with Crippen LogP contribution in [0.25, 0.3) is 0 Å². The first-order valence-corrected chi connectivity index (χ1v) is 8.78. The van der Waals surface area contributed by atoms with Crippen molar-refractivity contribution in [3.63, 3.8) is 0 Å². The van der Waals surface area contributed by atoms with Crippen LogP contribution in [-0.2, 0) is 16.4 Å². The maximum atomic E-state index is 12.0. The maximum absolute atomic E-state index is 12.0. The van der Waals surface area contributed by atoms with Crippen LogP contribution >= 0.6 is 0 Å². The van der Waals surface area contributed by atoms with E-state index in [2.05, 4.69) is 17.3 Å². The highest BCUT2D eigenvalue weighted by Gasteiger charge is 2.29. The quantitative estimate of drug-likeness (QED) is 0.818. The molecule has 0 amide bonds. The number of anilines is 2. The third-order valence-electron chi connectivity index (χ3n) is 3.40. The number of nitrogen functional groups attached to an aromatic ring is 1. The van der Waals surface area contributed by atoms with E-state index in [1.807, 2.05) is 11.8 Å². The van der Waals surface area contributed by atoms with Crippen LogP contribution in [0.4, 0.5) is 11.6 Å². The Morgan fingerprint density at radius 1 is 1.50 bits per heavy atom. The Hall–Kier alpha value is -1.28. The topological polar surface area (TPSA) is 93.2 Å². The molecule has 2 rings (SSSR count). The van der Waals surface area contributed by atoms with Crippen LogP contribution in [0, 0.1) is 0 Å². The molecule has 0 aromatic carbocycles. The van der Waals surface area contributed by atoms with Gasteiger partial charge in [-0.2, -0.15) is 5.10 Å². The summed E-state index contributed by atoms with van der Waals surface area (Å²) in [6, 6.07) is 0.300. The van der Waals surface area contributed by atoms with Gasteiger partial charge in [0.05, 0.1) is 0 Å². The smallest absolute Gasteiger partial charge is 0.182 e. The van der Waals surface area contributed by atoms with E-state index in [0.29, 0.717) is 18.4 Å². The molecular formula is C12H23N5O2S. The predicted octanol–water partition coefficient (Wildman–Crippen LogP) is 0.0769. The summed E-state index contributed by atoms with van der Waals surface area (Å²) in [6.07, 6.45) is 2.04. The van der Waals surface area contributed by atoms with Gasteiger partial charge in [-0.3, -0.25) is 0 Å². The molecule has 1 fully saturated rings. The number of hydrogen-bond donors (Lipinski definition) is 2. The van der Waals surface area contributed by atoms with Crippen molar-refractivity contribution in [1.82, 2.24) is 15.1 Å². The first-order chi connectivity index (χ1) is 9.34. The molecule has 0 aliphatic carbocycles. The van der Waals surface area contributed by atoms with E-state index in [-0.39, 0.29) is 10.7 Å². The Morgan fingerprint density at radius 2 is 2.20 bits per heavy atom. The van der Waals surface area contributed by atoms with Crippen molar-refractivity contribution in [2.75, 3.05) is 36.5 Å². The first-order valence-electron chi connectivity index (χ1n) is 6.89. The average Bonchev–Trinajstić information content (AvgIpc) is 2.67. The lowest BCUT2D eigenvalue weighted by molar-refractivity contribution is 0.478. The second-order valence-corrected chi connectivity index (χ2v) is 7.29. The van der Waals surface area contributed by atoms with Crippen molar-refractivity contribution in [3.05, 3.63) is 0 Å². The zero-order valence-electron chi connectivity index (χ0n) is 12.3. The fraction of sp³-hybridized carbons (Fsp3) is 0.750. The predicted molar refractivity (Wildman–Crippen MR) is 79.7 cm³/mol. The van der Waals surface area contributed by atoms with Gasteiger partial charge in [0.2, 0.25) is 0 Å². The van der Waals surface area contributed by atoms with Gasteiger partial charge in [0, 0.05) is 38.5 Å². The molecule has 114 valence electrons. The van der Waals surface area contributed by atoms with Crippen LogP contribution in [0.2, 0.25) is 0 Å². The van der Waals surface area contributed by atoms with Crippen LogP contribution in [0.15, 0.2) is 4.90 Å². The molecule has 1 aromatic rings. The number of nitrogens with one attached hydrogen (secondary N) is 1. The Balaban J connectivity index is 2.48. The van der Waals surface area contributed by atoms with E-state index in [1.165, 1.54) is 6.26 Å². The van der Waals surface area contributed by atoms with E-state index in [1.54, 1.807) is 4.68 Å². The molecule has 0 bridgehead atoms. The Bertz CT molecular complexity index is 581. The summed E-state index contributed by atoms with van der Waals surface area (Å²) in [7, 11) is -3.40. The Morgan fingerprint density at radius 3 is 2.75 bits per heavy atom. The third-order valence-corrected chi connectivity index (χ3v) is 4.54. The summed E-state index contributed by atoms with van der Waals surface area (Å²) in [6.45, 7) is 6.97. The van der Waals surface area contributed by atoms with E-state index in [4.69, 9.17) is 5.73 Å². The molecule has 1 unspecified atom stereocenters. The van der Waals surface area contributed by atoms with Crippen molar-refractivity contribution in [2.45, 2.75) is 37.8 Å². The van der Waals surface area contributed by atoms with Crippen LogP contribution in [0.1, 0.15) is 20.3 Å². The minimum absolute atomic E-state index is 0.167. The van der Waals surface area contributed by atoms with Gasteiger partial charge in [-0.1, -0.05) is 6.92 Å². The lowest BCUT2D eigenvalue weighted by Gasteiger charge is -2.32. The minimum Gasteiger partial charge on any atom is -0.383 e. The molecule has 7 nitrogen and oxygen atoms in total. The zero-order valence-corrected chi connectivity index (χ0v) is 13.1. The molecule has 1 aromatic heterocycles. The summed E-state index contributed by atoms with van der Waals surface area (Å²) >= 11 is 0. The highest BCUT2D eigenvalue weighted by atomic mass is 32.2. The first kappa shape index (κ1) is 15.1. The van der Waals surface area contributed by atoms with Crippen molar-refractivity contribution in [2.24, 2.45) is 0 Å². The van der Waals surface area contributed by atoms with E-state index < -0.39 is 9.84 Å². The van der Waals surface area contributed by atoms with Gasteiger partial charge in [-0.15, -0.1) is 0 Å². The lowest BCUT2D eigenvalue weighted by Crippen LogP contribution is -2.49. The van der Waals surface area contributed by atoms with E-state index in [0.717, 1.165) is 26.1 Å². The molecule has 20 heavy (non-hydrogen) atoms. The molecule has 2 heterocycles. The summed E-state index contributed by atoms with van der Waals surface area (Å²) in [5.74, 6) is 0.738. The normalized spacial score (nSPS) is 20.4. The van der Waals surface area contributed by atoms with Crippen molar-refractivity contribution < 1.29 is 8.42 Å². The van der Waals surface area contributed by atoms with Gasteiger partial charge in [-0.05, 0) is 13.3 Å². The van der Waals surface area contributed by atoms with Gasteiger partial charge in [0.15, 0.2) is 20.6 Å². The molecule has 1 atom stereocenters. The highest BCUT2D eigenvalue weighted by molar-refractivity contribution is 7.91. The Labute approximate surface area is 120 Å². The van der Waals surface area contributed by atoms with E-state index in [9.17, 15) is 8.42 Å². The zero-order chi connectivity index (χ0) is 14.9. The number of piperazine rings is 1. The SMILES string of the molecule is CCCn1nc(N2CCNC(C)C2)c(S(C)(=O)=O)c1N. The van der Waals surface area contributed by atoms with Crippen molar-refractivity contribution in [1.29, 1.82) is 0 Å². The maximum Gasteiger partial charge on any atom is 0.182 e. The second kappa shape index (κ2) is 5.61. The average molecular weight is 301 g/mol. The number of aromatic nitrogens is 2. The monoisotopic (exact) mass is 301 g/mol. The minimum atomic E-state index is -3.40. The van der Waals surface area contributed by atoms with Gasteiger partial charge in [0.25, 0.3) is 0 Å². The number of sulfone groups is 1. The lowest BCUT2D eigenvalue weighted by atomic mass is 10.2. The van der Waals surface area contributed by atoms with Gasteiger partial charge in [0.1, 0.15) is 5.82 Å². The van der Waals surface area contributed by atoms with Crippen LogP contribution < -0.4 is 16.0 Å². The van der Waals surface area contributed by atoms with E-state index >= 15 is 0 Å². The summed E-state index contributed by atoms with van der Waals surface area (Å²) in [5, 5.41) is 7.76. The molecule has 1 aliphatic rings. The summed E-state index contributed by atoms with van der Waals surface area (Å²) in [4.78, 5) is 2.17. The van der Waals surface area contributed by atoms with Gasteiger partial charge in [-0.25, -0.2) is 13.1 Å². The highest BCUT2D eigenvalue weighted by Crippen LogP contribution is 2.30. The fourth-order valence-corrected chi connectivity index (χ4v) is 3.50. The molecular weight excluding hydrogens is 278 g/mol. The fourth-order valence-electron chi connectivity index (χ4n) is 2.51. The van der Waals surface area contributed by atoms with Crippen LogP contribution in [0.3, 0.4) is 0 Å².